The van der Waals surface area contributed by atoms with Crippen LogP contribution in [-0.4, -0.2) is 25.3 Å². The van der Waals surface area contributed by atoms with Crippen molar-refractivity contribution in [3.63, 3.8) is 0 Å². The van der Waals surface area contributed by atoms with Crippen LogP contribution in [0.25, 0.3) is 0 Å². The third kappa shape index (κ3) is 5.62. The molecule has 0 radical (unpaired) electrons. The summed E-state index contributed by atoms with van der Waals surface area (Å²) in [6.45, 7) is 0.128. The molecular formula is C18H18O5S. The Balaban J connectivity index is 1.77. The summed E-state index contributed by atoms with van der Waals surface area (Å²) in [4.78, 5) is 24.4. The zero-order chi connectivity index (χ0) is 17.4. The maximum atomic E-state index is 11.9. The molecule has 0 spiro atoms. The Morgan fingerprint density at radius 2 is 1.42 bits per heavy atom. The van der Waals surface area contributed by atoms with Crippen molar-refractivity contribution in [3.8, 4) is 11.5 Å². The van der Waals surface area contributed by atoms with Crippen LogP contribution in [0.4, 0.5) is 0 Å². The van der Waals surface area contributed by atoms with E-state index in [0.29, 0.717) is 5.75 Å². The number of methoxy groups -OCH3 is 2. The molecule has 6 heteroatoms. The SMILES string of the molecule is COc1ccc(COC(=O)CC(=O)Sc2ccc(OC)cc2)cc1. The summed E-state index contributed by atoms with van der Waals surface area (Å²) in [5.41, 5.74) is 0.833. The minimum absolute atomic E-state index is 0.128. The molecule has 0 amide bonds. The van der Waals surface area contributed by atoms with E-state index in [2.05, 4.69) is 0 Å². The lowest BCUT2D eigenvalue weighted by Gasteiger charge is -2.06. The molecule has 5 nitrogen and oxygen atoms in total. The monoisotopic (exact) mass is 346 g/mol. The smallest absolute Gasteiger partial charge is 0.314 e. The van der Waals surface area contributed by atoms with Gasteiger partial charge >= 0.3 is 5.97 Å². The molecule has 2 aromatic rings. The molecule has 0 heterocycles. The third-order valence-electron chi connectivity index (χ3n) is 3.14. The lowest BCUT2D eigenvalue weighted by molar-refractivity contribution is -0.146. The van der Waals surface area contributed by atoms with Crippen LogP contribution in [0, 0.1) is 0 Å². The molecule has 0 aliphatic rings. The first-order chi connectivity index (χ1) is 11.6. The van der Waals surface area contributed by atoms with E-state index in [1.54, 1.807) is 62.8 Å². The van der Waals surface area contributed by atoms with Crippen LogP contribution in [-0.2, 0) is 20.9 Å². The number of esters is 1. The normalized spacial score (nSPS) is 10.1. The molecule has 0 aromatic heterocycles. The van der Waals surface area contributed by atoms with Crippen LogP contribution in [0.2, 0.25) is 0 Å². The number of carbonyl (C=O) groups excluding carboxylic acids is 2. The minimum atomic E-state index is -0.545. The van der Waals surface area contributed by atoms with Gasteiger partial charge in [0.25, 0.3) is 0 Å². The van der Waals surface area contributed by atoms with Gasteiger partial charge in [-0.3, -0.25) is 9.59 Å². The average Bonchev–Trinajstić information content (AvgIpc) is 2.61. The summed E-state index contributed by atoms with van der Waals surface area (Å²) in [5, 5.41) is -0.264. The summed E-state index contributed by atoms with van der Waals surface area (Å²) in [7, 11) is 3.16. The quantitative estimate of drug-likeness (QED) is 0.435. The third-order valence-corrected chi connectivity index (χ3v) is 4.02. The molecule has 0 aliphatic carbocycles. The fourth-order valence-electron chi connectivity index (χ4n) is 1.87. The van der Waals surface area contributed by atoms with Gasteiger partial charge in [-0.05, 0) is 42.0 Å². The zero-order valence-electron chi connectivity index (χ0n) is 13.5. The molecule has 0 saturated heterocycles. The standard InChI is InChI=1S/C18H18O5S/c1-21-14-5-3-13(4-6-14)12-23-17(19)11-18(20)24-16-9-7-15(22-2)8-10-16/h3-10H,11-12H2,1-2H3. The van der Waals surface area contributed by atoms with Crippen molar-refractivity contribution in [3.05, 3.63) is 54.1 Å². The fourth-order valence-corrected chi connectivity index (χ4v) is 2.59. The van der Waals surface area contributed by atoms with Gasteiger partial charge in [-0.2, -0.15) is 0 Å². The van der Waals surface area contributed by atoms with Crippen molar-refractivity contribution < 1.29 is 23.8 Å². The molecule has 126 valence electrons. The number of ether oxygens (including phenoxy) is 3. The maximum Gasteiger partial charge on any atom is 0.314 e. The van der Waals surface area contributed by atoms with E-state index in [1.807, 2.05) is 0 Å². The Morgan fingerprint density at radius 1 is 0.875 bits per heavy atom. The minimum Gasteiger partial charge on any atom is -0.497 e. The Kier molecular flexibility index (Phi) is 6.69. The van der Waals surface area contributed by atoms with Crippen LogP contribution < -0.4 is 9.47 Å². The van der Waals surface area contributed by atoms with Crippen LogP contribution >= 0.6 is 11.8 Å². The molecule has 0 unspecified atom stereocenters. The lowest BCUT2D eigenvalue weighted by Crippen LogP contribution is -2.09. The van der Waals surface area contributed by atoms with Gasteiger partial charge in [-0.25, -0.2) is 0 Å². The van der Waals surface area contributed by atoms with Crippen molar-refractivity contribution in [2.75, 3.05) is 14.2 Å². The first kappa shape index (κ1) is 17.9. The number of thioether (sulfide) groups is 1. The average molecular weight is 346 g/mol. The van der Waals surface area contributed by atoms with Gasteiger partial charge in [0, 0.05) is 4.90 Å². The summed E-state index contributed by atoms with van der Waals surface area (Å²) in [5.74, 6) is 0.902. The van der Waals surface area contributed by atoms with E-state index in [-0.39, 0.29) is 18.1 Å². The number of hydrogen-bond donors (Lipinski definition) is 0. The number of benzene rings is 2. The molecular weight excluding hydrogens is 328 g/mol. The Bertz CT molecular complexity index is 680. The molecule has 0 aliphatic heterocycles. The van der Waals surface area contributed by atoms with E-state index < -0.39 is 5.97 Å². The molecule has 0 saturated carbocycles. The van der Waals surface area contributed by atoms with E-state index in [0.717, 1.165) is 28.0 Å². The van der Waals surface area contributed by atoms with Crippen molar-refractivity contribution in [2.45, 2.75) is 17.9 Å². The van der Waals surface area contributed by atoms with Crippen LogP contribution in [0.5, 0.6) is 11.5 Å². The highest BCUT2D eigenvalue weighted by Gasteiger charge is 2.13. The first-order valence-electron chi connectivity index (χ1n) is 7.24. The van der Waals surface area contributed by atoms with Gasteiger partial charge in [0.2, 0.25) is 5.12 Å². The van der Waals surface area contributed by atoms with Gasteiger partial charge in [0.05, 0.1) is 14.2 Å². The van der Waals surface area contributed by atoms with Gasteiger partial charge in [-0.1, -0.05) is 23.9 Å². The van der Waals surface area contributed by atoms with Crippen molar-refractivity contribution in [1.82, 2.24) is 0 Å². The molecule has 0 N–H and O–H groups in total. The highest BCUT2D eigenvalue weighted by Crippen LogP contribution is 2.23. The summed E-state index contributed by atoms with van der Waals surface area (Å²) < 4.78 is 15.2. The van der Waals surface area contributed by atoms with Gasteiger partial charge < -0.3 is 14.2 Å². The molecule has 2 rings (SSSR count). The van der Waals surface area contributed by atoms with Crippen LogP contribution in [0.1, 0.15) is 12.0 Å². The number of hydrogen-bond acceptors (Lipinski definition) is 6. The molecule has 24 heavy (non-hydrogen) atoms. The summed E-state index contributed by atoms with van der Waals surface area (Å²) in [6, 6.07) is 14.2. The summed E-state index contributed by atoms with van der Waals surface area (Å²) in [6.07, 6.45) is -0.271. The molecule has 2 aromatic carbocycles. The second-order valence-corrected chi connectivity index (χ2v) is 5.97. The van der Waals surface area contributed by atoms with E-state index in [9.17, 15) is 9.59 Å². The molecule has 0 fully saturated rings. The highest BCUT2D eigenvalue weighted by atomic mass is 32.2. The highest BCUT2D eigenvalue weighted by molar-refractivity contribution is 8.13. The Hall–Kier alpha value is -2.47. The Morgan fingerprint density at radius 3 is 1.96 bits per heavy atom. The van der Waals surface area contributed by atoms with Crippen LogP contribution in [0.15, 0.2) is 53.4 Å². The largest absolute Gasteiger partial charge is 0.497 e. The number of carbonyl (C=O) groups is 2. The fraction of sp³-hybridized carbons (Fsp3) is 0.222. The zero-order valence-corrected chi connectivity index (χ0v) is 14.3. The lowest BCUT2D eigenvalue weighted by atomic mass is 10.2. The van der Waals surface area contributed by atoms with Crippen molar-refractivity contribution >= 4 is 22.8 Å². The maximum absolute atomic E-state index is 11.9. The predicted molar refractivity (Wildman–Crippen MR) is 91.3 cm³/mol. The van der Waals surface area contributed by atoms with Gasteiger partial charge in [0.1, 0.15) is 24.5 Å². The van der Waals surface area contributed by atoms with E-state index >= 15 is 0 Å². The van der Waals surface area contributed by atoms with Gasteiger partial charge in [-0.15, -0.1) is 0 Å². The van der Waals surface area contributed by atoms with Crippen molar-refractivity contribution in [2.24, 2.45) is 0 Å². The summed E-state index contributed by atoms with van der Waals surface area (Å²) >= 11 is 1.01. The molecule has 0 atom stereocenters. The topological polar surface area (TPSA) is 61.8 Å². The number of rotatable bonds is 7. The Labute approximate surface area is 144 Å². The van der Waals surface area contributed by atoms with E-state index in [4.69, 9.17) is 14.2 Å². The predicted octanol–water partition coefficient (Wildman–Crippen LogP) is 3.46. The second kappa shape index (κ2) is 8.98. The van der Waals surface area contributed by atoms with Crippen LogP contribution in [0.3, 0.4) is 0 Å². The van der Waals surface area contributed by atoms with E-state index in [1.165, 1.54) is 0 Å². The van der Waals surface area contributed by atoms with Gasteiger partial charge in [0.15, 0.2) is 0 Å². The second-order valence-electron chi connectivity index (χ2n) is 4.84. The molecule has 0 bridgehead atoms. The first-order valence-corrected chi connectivity index (χ1v) is 8.05. The van der Waals surface area contributed by atoms with Crippen molar-refractivity contribution in [1.29, 1.82) is 0 Å².